The Labute approximate surface area is 167 Å². The number of nitrogens with one attached hydrogen (secondary N) is 2. The maximum absolute atomic E-state index is 12.9. The molecule has 1 saturated heterocycles. The number of quaternary nitrogens is 1. The average Bonchev–Trinajstić information content (AvgIpc) is 3.12. The molecule has 28 heavy (non-hydrogen) atoms. The van der Waals surface area contributed by atoms with Crippen molar-refractivity contribution in [2.45, 2.75) is 19.8 Å². The molecule has 0 radical (unpaired) electrons. The van der Waals surface area contributed by atoms with Crippen LogP contribution in [0.25, 0.3) is 0 Å². The first-order valence-corrected chi connectivity index (χ1v) is 10.5. The monoisotopic (exact) mass is 402 g/mol. The molecule has 8 heteroatoms. The number of rotatable bonds is 5. The molecule has 148 valence electrons. The summed E-state index contributed by atoms with van der Waals surface area (Å²) in [5.74, 6) is 1.47. The molecule has 0 spiro atoms. The molecular weight excluding hydrogens is 378 g/mol. The molecule has 1 amide bonds. The Hall–Kier alpha value is -2.45. The number of carbonyl (C=O) groups excluding carboxylic acids is 2. The van der Waals surface area contributed by atoms with E-state index in [9.17, 15) is 9.59 Å². The van der Waals surface area contributed by atoms with Gasteiger partial charge in [0.05, 0.1) is 18.8 Å². The van der Waals surface area contributed by atoms with Gasteiger partial charge in [-0.05, 0) is 25.1 Å². The minimum absolute atomic E-state index is 0.00372. The highest BCUT2D eigenvalue weighted by atomic mass is 32.1. The number of Topliss-reactive ketones (excluding diaryl/α,β-unsaturated/α-hetero) is 1. The summed E-state index contributed by atoms with van der Waals surface area (Å²) in [4.78, 5) is 30.5. The van der Waals surface area contributed by atoms with Crippen molar-refractivity contribution in [1.82, 2.24) is 4.98 Å². The summed E-state index contributed by atoms with van der Waals surface area (Å²) >= 11 is 1.44. The van der Waals surface area contributed by atoms with Gasteiger partial charge in [0.15, 0.2) is 29.0 Å². The molecule has 2 N–H and O–H groups in total. The van der Waals surface area contributed by atoms with Crippen LogP contribution in [0, 0.1) is 12.8 Å². The van der Waals surface area contributed by atoms with Crippen LogP contribution in [0.5, 0.6) is 11.5 Å². The lowest BCUT2D eigenvalue weighted by atomic mass is 9.88. The quantitative estimate of drug-likeness (QED) is 0.738. The molecule has 4 rings (SSSR count). The van der Waals surface area contributed by atoms with E-state index in [0.717, 1.165) is 31.6 Å². The second kappa shape index (κ2) is 8.28. The van der Waals surface area contributed by atoms with E-state index >= 15 is 0 Å². The van der Waals surface area contributed by atoms with Crippen molar-refractivity contribution in [2.24, 2.45) is 5.92 Å². The van der Waals surface area contributed by atoms with Crippen molar-refractivity contribution in [1.29, 1.82) is 0 Å². The number of ketones is 1. The third kappa shape index (κ3) is 4.34. The fourth-order valence-corrected chi connectivity index (χ4v) is 4.40. The summed E-state index contributed by atoms with van der Waals surface area (Å²) in [5, 5.41) is 5.41. The van der Waals surface area contributed by atoms with Crippen LogP contribution in [0.15, 0.2) is 23.6 Å². The number of aromatic nitrogens is 1. The minimum Gasteiger partial charge on any atom is -0.486 e. The maximum Gasteiger partial charge on any atom is 0.281 e. The first-order chi connectivity index (χ1) is 13.6. The van der Waals surface area contributed by atoms with E-state index in [0.29, 0.717) is 42.0 Å². The van der Waals surface area contributed by atoms with Gasteiger partial charge in [-0.15, -0.1) is 11.3 Å². The number of nitrogens with zero attached hydrogens (tertiary/aromatic N) is 1. The van der Waals surface area contributed by atoms with Crippen LogP contribution in [0.1, 0.15) is 28.9 Å². The molecule has 2 aliphatic heterocycles. The molecular formula is C20H24N3O4S+. The molecule has 1 aromatic carbocycles. The zero-order chi connectivity index (χ0) is 19.5. The summed E-state index contributed by atoms with van der Waals surface area (Å²) in [6.07, 6.45) is 1.57. The van der Waals surface area contributed by atoms with Crippen molar-refractivity contribution in [3.8, 4) is 11.5 Å². The minimum atomic E-state index is -0.0269. The lowest BCUT2D eigenvalue weighted by molar-refractivity contribution is -0.897. The zero-order valence-corrected chi connectivity index (χ0v) is 16.6. The predicted octanol–water partition coefficient (Wildman–Crippen LogP) is 1.34. The number of amides is 1. The first kappa shape index (κ1) is 18.9. The van der Waals surface area contributed by atoms with Crippen LogP contribution in [-0.4, -0.2) is 49.5 Å². The molecule has 7 nitrogen and oxygen atoms in total. The van der Waals surface area contributed by atoms with Crippen molar-refractivity contribution < 1.29 is 24.0 Å². The van der Waals surface area contributed by atoms with E-state index in [1.807, 2.05) is 24.4 Å². The molecule has 3 heterocycles. The standard InChI is InChI=1S/C20H23N3O4S/c1-13-12-28-20(21-13)22-18(24)11-23-6-4-14(5-7-23)19(25)15-2-3-16-17(10-15)27-9-8-26-16/h2-3,10,12,14H,4-9,11H2,1H3,(H,21,22,24)/p+1. The zero-order valence-electron chi connectivity index (χ0n) is 15.8. The molecule has 0 atom stereocenters. The largest absolute Gasteiger partial charge is 0.486 e. The topological polar surface area (TPSA) is 82.0 Å². The van der Waals surface area contributed by atoms with Gasteiger partial charge in [-0.3, -0.25) is 14.9 Å². The molecule has 0 bridgehead atoms. The molecule has 0 unspecified atom stereocenters. The van der Waals surface area contributed by atoms with Crippen molar-refractivity contribution in [2.75, 3.05) is 38.2 Å². The summed E-state index contributed by atoms with van der Waals surface area (Å²) in [6, 6.07) is 5.42. The normalized spacial score (nSPS) is 21.2. The van der Waals surface area contributed by atoms with Crippen LogP contribution < -0.4 is 19.7 Å². The number of anilines is 1. The smallest absolute Gasteiger partial charge is 0.281 e. The number of likely N-dealkylation sites (tertiary alicyclic amines) is 1. The number of hydrogen-bond donors (Lipinski definition) is 2. The van der Waals surface area contributed by atoms with E-state index in [2.05, 4.69) is 10.3 Å². The van der Waals surface area contributed by atoms with E-state index in [1.54, 1.807) is 6.07 Å². The highest BCUT2D eigenvalue weighted by Crippen LogP contribution is 2.32. The third-order valence-electron chi connectivity index (χ3n) is 5.17. The van der Waals surface area contributed by atoms with Crippen LogP contribution in [-0.2, 0) is 4.79 Å². The number of hydrogen-bond acceptors (Lipinski definition) is 6. The van der Waals surface area contributed by atoms with Crippen molar-refractivity contribution >= 4 is 28.2 Å². The lowest BCUT2D eigenvalue weighted by Crippen LogP contribution is -3.14. The average molecular weight is 402 g/mol. The fraction of sp³-hybridized carbons (Fsp3) is 0.450. The van der Waals surface area contributed by atoms with Crippen molar-refractivity contribution in [3.05, 3.63) is 34.8 Å². The molecule has 0 aliphatic carbocycles. The molecule has 0 saturated carbocycles. The van der Waals surface area contributed by atoms with Gasteiger partial charge in [0.25, 0.3) is 5.91 Å². The summed E-state index contributed by atoms with van der Waals surface area (Å²) in [6.45, 7) is 4.98. The SMILES string of the molecule is Cc1csc(NC(=O)C[NH+]2CCC(C(=O)c3ccc4c(c3)OCCO4)CC2)n1. The number of piperidine rings is 1. The molecule has 1 aromatic heterocycles. The van der Waals surface area contributed by atoms with Gasteiger partial charge in [-0.1, -0.05) is 0 Å². The highest BCUT2D eigenvalue weighted by molar-refractivity contribution is 7.13. The van der Waals surface area contributed by atoms with Crippen LogP contribution in [0.2, 0.25) is 0 Å². The molecule has 2 aromatic rings. The lowest BCUT2D eigenvalue weighted by Gasteiger charge is -2.28. The Bertz CT molecular complexity index is 874. The van der Waals surface area contributed by atoms with Crippen molar-refractivity contribution in [3.63, 3.8) is 0 Å². The predicted molar refractivity (Wildman–Crippen MR) is 106 cm³/mol. The van der Waals surface area contributed by atoms with Gasteiger partial charge in [-0.2, -0.15) is 0 Å². The van der Waals surface area contributed by atoms with E-state index < -0.39 is 0 Å². The number of aryl methyl sites for hydroxylation is 1. The van der Waals surface area contributed by atoms with E-state index in [-0.39, 0.29) is 17.6 Å². The number of thiazole rings is 1. The van der Waals surface area contributed by atoms with Gasteiger partial charge in [-0.25, -0.2) is 4.98 Å². The second-order valence-electron chi connectivity index (χ2n) is 7.27. The Balaban J connectivity index is 1.29. The van der Waals surface area contributed by atoms with Gasteiger partial charge in [0.1, 0.15) is 13.2 Å². The highest BCUT2D eigenvalue weighted by Gasteiger charge is 2.30. The number of fused-ring (bicyclic) bond motifs is 1. The van der Waals surface area contributed by atoms with Gasteiger partial charge in [0, 0.05) is 29.7 Å². The number of benzene rings is 1. The summed E-state index contributed by atoms with van der Waals surface area (Å²) < 4.78 is 11.1. The Morgan fingerprint density at radius 2 is 1.96 bits per heavy atom. The van der Waals surface area contributed by atoms with E-state index in [4.69, 9.17) is 9.47 Å². The van der Waals surface area contributed by atoms with Gasteiger partial charge < -0.3 is 14.4 Å². The van der Waals surface area contributed by atoms with Gasteiger partial charge in [0.2, 0.25) is 0 Å². The fourth-order valence-electron chi connectivity index (χ4n) is 3.70. The molecule has 2 aliphatic rings. The van der Waals surface area contributed by atoms with Crippen LogP contribution in [0.4, 0.5) is 5.13 Å². The maximum atomic E-state index is 12.9. The van der Waals surface area contributed by atoms with Crippen LogP contribution in [0.3, 0.4) is 0 Å². The number of ether oxygens (including phenoxy) is 2. The first-order valence-electron chi connectivity index (χ1n) is 9.58. The summed E-state index contributed by atoms with van der Waals surface area (Å²) in [5.41, 5.74) is 1.58. The third-order valence-corrected chi connectivity index (χ3v) is 6.04. The molecule has 1 fully saturated rings. The Kier molecular flexibility index (Phi) is 5.59. The van der Waals surface area contributed by atoms with Gasteiger partial charge >= 0.3 is 0 Å². The summed E-state index contributed by atoms with van der Waals surface area (Å²) in [7, 11) is 0. The Morgan fingerprint density at radius 1 is 1.21 bits per heavy atom. The van der Waals surface area contributed by atoms with Crippen LogP contribution >= 0.6 is 11.3 Å². The van der Waals surface area contributed by atoms with E-state index in [1.165, 1.54) is 16.2 Å². The number of carbonyl (C=O) groups is 2. The second-order valence-corrected chi connectivity index (χ2v) is 8.12. The Morgan fingerprint density at radius 3 is 2.68 bits per heavy atom.